The van der Waals surface area contributed by atoms with E-state index in [1.807, 2.05) is 41.5 Å². The summed E-state index contributed by atoms with van der Waals surface area (Å²) in [4.78, 5) is 10.7. The average Bonchev–Trinajstić information content (AvgIpc) is 2.24. The van der Waals surface area contributed by atoms with Gasteiger partial charge in [0.1, 0.15) is 6.29 Å². The van der Waals surface area contributed by atoms with Crippen LogP contribution in [0.3, 0.4) is 0 Å². The van der Waals surface area contributed by atoms with Gasteiger partial charge < -0.3 is 0 Å². The summed E-state index contributed by atoms with van der Waals surface area (Å²) in [5.41, 5.74) is -0.694. The Morgan fingerprint density at radius 3 is 1.60 bits per heavy atom. The molecule has 0 atom stereocenters. The topological polar surface area (TPSA) is 52.6 Å². The van der Waals surface area contributed by atoms with Crippen LogP contribution in [0.4, 0.5) is 0 Å². The molecule has 1 aromatic rings. The molecule has 0 aliphatic heterocycles. The molecule has 1 aromatic carbocycles. The SMILES string of the molecule is CC(C)(C)OP(=O)(OC(C)(C)C)c1ccc(C=O)cc1. The van der Waals surface area contributed by atoms with Crippen molar-refractivity contribution in [3.63, 3.8) is 0 Å². The molecule has 0 N–H and O–H groups in total. The van der Waals surface area contributed by atoms with Crippen LogP contribution in [0.25, 0.3) is 0 Å². The fraction of sp³-hybridized carbons (Fsp3) is 0.533. The molecular formula is C15H23O4P. The summed E-state index contributed by atoms with van der Waals surface area (Å²) in [7, 11) is -3.46. The van der Waals surface area contributed by atoms with Crippen LogP contribution >= 0.6 is 7.60 Å². The third kappa shape index (κ3) is 5.20. The molecule has 0 saturated carbocycles. The van der Waals surface area contributed by atoms with Crippen molar-refractivity contribution in [2.45, 2.75) is 52.7 Å². The normalized spacial score (nSPS) is 13.3. The third-order valence-corrected chi connectivity index (χ3v) is 4.64. The Hall–Kier alpha value is -0.960. The van der Waals surface area contributed by atoms with Gasteiger partial charge in [0.2, 0.25) is 0 Å². The first kappa shape index (κ1) is 17.1. The van der Waals surface area contributed by atoms with Gasteiger partial charge in [-0.15, -0.1) is 0 Å². The lowest BCUT2D eigenvalue weighted by molar-refractivity contribution is 0.0548. The molecule has 0 spiro atoms. The molecule has 5 heteroatoms. The zero-order valence-electron chi connectivity index (χ0n) is 13.0. The first-order valence-corrected chi connectivity index (χ1v) is 8.07. The molecule has 0 fully saturated rings. The number of hydrogen-bond donors (Lipinski definition) is 0. The van der Waals surface area contributed by atoms with E-state index < -0.39 is 18.8 Å². The molecule has 20 heavy (non-hydrogen) atoms. The van der Waals surface area contributed by atoms with E-state index in [1.165, 1.54) is 0 Å². The third-order valence-electron chi connectivity index (χ3n) is 2.13. The maximum Gasteiger partial charge on any atom is 0.362 e. The number of carbonyl (C=O) groups excluding carboxylic acids is 1. The van der Waals surface area contributed by atoms with Gasteiger partial charge in [-0.25, -0.2) is 0 Å². The van der Waals surface area contributed by atoms with Crippen molar-refractivity contribution in [3.8, 4) is 0 Å². The van der Waals surface area contributed by atoms with Gasteiger partial charge in [0.05, 0.1) is 16.5 Å². The highest BCUT2D eigenvalue weighted by Crippen LogP contribution is 2.53. The minimum Gasteiger partial charge on any atom is -0.299 e. The van der Waals surface area contributed by atoms with E-state index >= 15 is 0 Å². The Morgan fingerprint density at radius 2 is 1.30 bits per heavy atom. The summed E-state index contributed by atoms with van der Waals surface area (Å²) in [5.74, 6) is 0. The lowest BCUT2D eigenvalue weighted by Gasteiger charge is -2.32. The first-order chi connectivity index (χ1) is 8.95. The van der Waals surface area contributed by atoms with Crippen LogP contribution in [-0.2, 0) is 13.6 Å². The summed E-state index contributed by atoms with van der Waals surface area (Å²) in [6, 6.07) is 6.43. The summed E-state index contributed by atoms with van der Waals surface area (Å²) in [6.45, 7) is 10.9. The predicted molar refractivity (Wildman–Crippen MR) is 80.7 cm³/mol. The number of aldehydes is 1. The van der Waals surface area contributed by atoms with Crippen molar-refractivity contribution in [2.24, 2.45) is 0 Å². The highest BCUT2D eigenvalue weighted by atomic mass is 31.2. The van der Waals surface area contributed by atoms with Crippen molar-refractivity contribution >= 4 is 19.2 Å². The lowest BCUT2D eigenvalue weighted by atomic mass is 10.2. The minimum atomic E-state index is -3.46. The molecule has 1 rings (SSSR count). The van der Waals surface area contributed by atoms with E-state index in [0.717, 1.165) is 6.29 Å². The lowest BCUT2D eigenvalue weighted by Crippen LogP contribution is -2.28. The van der Waals surface area contributed by atoms with Crippen molar-refractivity contribution in [1.82, 2.24) is 0 Å². The van der Waals surface area contributed by atoms with Gasteiger partial charge in [-0.3, -0.25) is 18.4 Å². The fourth-order valence-corrected chi connectivity index (χ4v) is 3.79. The van der Waals surface area contributed by atoms with Crippen molar-refractivity contribution in [2.75, 3.05) is 0 Å². The number of rotatable bonds is 4. The largest absolute Gasteiger partial charge is 0.362 e. The molecule has 0 unspecified atom stereocenters. The highest BCUT2D eigenvalue weighted by Gasteiger charge is 2.37. The van der Waals surface area contributed by atoms with Crippen LogP contribution in [0.2, 0.25) is 0 Å². The Balaban J connectivity index is 3.21. The summed E-state index contributed by atoms with van der Waals surface area (Å²) in [5, 5.41) is 0.452. The fourth-order valence-electron chi connectivity index (χ4n) is 1.58. The molecule has 0 amide bonds. The molecule has 4 nitrogen and oxygen atoms in total. The Kier molecular flexibility index (Phi) is 4.96. The van der Waals surface area contributed by atoms with Crippen LogP contribution in [0, 0.1) is 0 Å². The zero-order chi connectivity index (χ0) is 15.6. The smallest absolute Gasteiger partial charge is 0.299 e. The van der Waals surface area contributed by atoms with Crippen LogP contribution in [0.15, 0.2) is 24.3 Å². The average molecular weight is 298 g/mol. The number of hydrogen-bond acceptors (Lipinski definition) is 4. The number of carbonyl (C=O) groups is 1. The van der Waals surface area contributed by atoms with Crippen LogP contribution < -0.4 is 5.30 Å². The van der Waals surface area contributed by atoms with E-state index in [9.17, 15) is 9.36 Å². The second-order valence-corrected chi connectivity index (χ2v) is 8.49. The van der Waals surface area contributed by atoms with E-state index in [2.05, 4.69) is 0 Å². The molecule has 0 aliphatic rings. The standard InChI is InChI=1S/C15H23O4P/c1-14(2,3)18-20(17,19-15(4,5)6)13-9-7-12(11-16)8-10-13/h7-11H,1-6H3. The van der Waals surface area contributed by atoms with Crippen molar-refractivity contribution in [3.05, 3.63) is 29.8 Å². The Bertz CT molecular complexity index is 486. The molecule has 112 valence electrons. The quantitative estimate of drug-likeness (QED) is 0.624. The second-order valence-electron chi connectivity index (χ2n) is 6.61. The molecule has 0 radical (unpaired) electrons. The summed E-state index contributed by atoms with van der Waals surface area (Å²) >= 11 is 0. The van der Waals surface area contributed by atoms with Gasteiger partial charge in [-0.05, 0) is 53.7 Å². The van der Waals surface area contributed by atoms with Crippen LogP contribution in [-0.4, -0.2) is 17.5 Å². The van der Waals surface area contributed by atoms with E-state index in [4.69, 9.17) is 9.05 Å². The van der Waals surface area contributed by atoms with Gasteiger partial charge in [0.25, 0.3) is 0 Å². The van der Waals surface area contributed by atoms with Gasteiger partial charge >= 0.3 is 7.60 Å². The van der Waals surface area contributed by atoms with E-state index in [0.29, 0.717) is 10.9 Å². The van der Waals surface area contributed by atoms with E-state index in [-0.39, 0.29) is 0 Å². The van der Waals surface area contributed by atoms with Gasteiger partial charge in [0.15, 0.2) is 0 Å². The summed E-state index contributed by atoms with van der Waals surface area (Å²) in [6.07, 6.45) is 0.740. The van der Waals surface area contributed by atoms with Gasteiger partial charge in [-0.1, -0.05) is 12.1 Å². The second kappa shape index (κ2) is 5.80. The van der Waals surface area contributed by atoms with Crippen LogP contribution in [0.5, 0.6) is 0 Å². The Morgan fingerprint density at radius 1 is 0.900 bits per heavy atom. The maximum absolute atomic E-state index is 13.1. The summed E-state index contributed by atoms with van der Waals surface area (Å²) < 4.78 is 24.5. The molecular weight excluding hydrogens is 275 g/mol. The monoisotopic (exact) mass is 298 g/mol. The van der Waals surface area contributed by atoms with Gasteiger partial charge in [-0.2, -0.15) is 0 Å². The molecule has 0 aliphatic carbocycles. The minimum absolute atomic E-state index is 0.452. The van der Waals surface area contributed by atoms with E-state index in [1.54, 1.807) is 24.3 Å². The van der Waals surface area contributed by atoms with Gasteiger partial charge in [0, 0.05) is 5.56 Å². The van der Waals surface area contributed by atoms with Crippen molar-refractivity contribution in [1.29, 1.82) is 0 Å². The molecule has 0 saturated heterocycles. The van der Waals surface area contributed by atoms with Crippen molar-refractivity contribution < 1.29 is 18.4 Å². The predicted octanol–water partition coefficient (Wildman–Crippen LogP) is 3.95. The van der Waals surface area contributed by atoms with Crippen LogP contribution in [0.1, 0.15) is 51.9 Å². The molecule has 0 aromatic heterocycles. The molecule has 0 heterocycles. The highest BCUT2D eigenvalue weighted by molar-refractivity contribution is 7.62. The maximum atomic E-state index is 13.1. The number of benzene rings is 1. The molecule has 0 bridgehead atoms. The Labute approximate surface area is 121 Å². The first-order valence-electron chi connectivity index (χ1n) is 6.53. The zero-order valence-corrected chi connectivity index (χ0v) is 13.9.